The number of anilines is 1. The second-order valence-electron chi connectivity index (χ2n) is 8.28. The molecule has 2 amide bonds. The van der Waals surface area contributed by atoms with Gasteiger partial charge in [-0.2, -0.15) is 0 Å². The summed E-state index contributed by atoms with van der Waals surface area (Å²) in [4.78, 5) is 28.0. The Morgan fingerprint density at radius 1 is 1.06 bits per heavy atom. The minimum atomic E-state index is -3.73. The van der Waals surface area contributed by atoms with Gasteiger partial charge in [-0.15, -0.1) is 0 Å². The summed E-state index contributed by atoms with van der Waals surface area (Å²) in [6.07, 6.45) is 1.48. The van der Waals surface area contributed by atoms with Crippen LogP contribution in [0.4, 0.5) is 5.69 Å². The third kappa shape index (κ3) is 7.70. The zero-order valence-corrected chi connectivity index (χ0v) is 22.7. The average molecular weight is 586 g/mol. The molecule has 2 aromatic rings. The molecule has 7 nitrogen and oxygen atoms in total. The molecule has 9 heteroatoms. The van der Waals surface area contributed by atoms with Gasteiger partial charge in [0.05, 0.1) is 11.9 Å². The van der Waals surface area contributed by atoms with Gasteiger partial charge in [0.25, 0.3) is 0 Å². The zero-order chi connectivity index (χ0) is 24.8. The molecule has 0 saturated carbocycles. The summed E-state index contributed by atoms with van der Waals surface area (Å²) in [7, 11) is -3.73. The summed E-state index contributed by atoms with van der Waals surface area (Å²) < 4.78 is 27.2. The minimum Gasteiger partial charge on any atom is -0.352 e. The van der Waals surface area contributed by atoms with Crippen LogP contribution in [0, 0.1) is 10.5 Å². The first-order valence-corrected chi connectivity index (χ1v) is 13.7. The fraction of sp³-hybridized carbons (Fsp3) is 0.417. The Morgan fingerprint density at radius 3 is 2.18 bits per heavy atom. The normalized spacial score (nSPS) is 12.3. The Kier molecular flexibility index (Phi) is 9.71. The molecule has 0 bridgehead atoms. The Morgan fingerprint density at radius 2 is 1.67 bits per heavy atom. The average Bonchev–Trinajstić information content (AvgIpc) is 2.72. The number of carbonyl (C=O) groups excluding carboxylic acids is 2. The van der Waals surface area contributed by atoms with E-state index in [-0.39, 0.29) is 18.5 Å². The number of nitrogens with zero attached hydrogens (tertiary/aromatic N) is 2. The quantitative estimate of drug-likeness (QED) is 0.431. The molecule has 0 fully saturated rings. The second-order valence-corrected chi connectivity index (χ2v) is 11.4. The van der Waals surface area contributed by atoms with E-state index < -0.39 is 28.5 Å². The first-order valence-electron chi connectivity index (χ1n) is 10.8. The predicted octanol–water partition coefficient (Wildman–Crippen LogP) is 3.70. The lowest BCUT2D eigenvalue weighted by atomic mass is 10.1. The second kappa shape index (κ2) is 11.8. The van der Waals surface area contributed by atoms with Crippen LogP contribution >= 0.6 is 22.6 Å². The van der Waals surface area contributed by atoms with Crippen LogP contribution in [0.3, 0.4) is 0 Å². The fourth-order valence-electron chi connectivity index (χ4n) is 3.49. The van der Waals surface area contributed by atoms with Gasteiger partial charge in [0.15, 0.2) is 0 Å². The lowest BCUT2D eigenvalue weighted by Crippen LogP contribution is -2.53. The van der Waals surface area contributed by atoms with Crippen molar-refractivity contribution in [2.24, 2.45) is 0 Å². The van der Waals surface area contributed by atoms with Gasteiger partial charge in [0.1, 0.15) is 12.6 Å². The molecule has 180 valence electrons. The van der Waals surface area contributed by atoms with Crippen LogP contribution < -0.4 is 9.62 Å². The van der Waals surface area contributed by atoms with Crippen molar-refractivity contribution in [3.8, 4) is 0 Å². The number of benzene rings is 2. The highest BCUT2D eigenvalue weighted by molar-refractivity contribution is 14.1. The van der Waals surface area contributed by atoms with E-state index in [1.54, 1.807) is 24.3 Å². The van der Waals surface area contributed by atoms with Gasteiger partial charge < -0.3 is 10.2 Å². The first-order chi connectivity index (χ1) is 15.4. The molecule has 1 atom stereocenters. The van der Waals surface area contributed by atoms with Crippen molar-refractivity contribution in [3.05, 3.63) is 63.2 Å². The van der Waals surface area contributed by atoms with Crippen LogP contribution in [0.25, 0.3) is 0 Å². The van der Waals surface area contributed by atoms with Gasteiger partial charge in [0.2, 0.25) is 21.8 Å². The third-order valence-corrected chi connectivity index (χ3v) is 7.07. The number of halogens is 1. The molecular weight excluding hydrogens is 553 g/mol. The van der Waals surface area contributed by atoms with Gasteiger partial charge in [-0.05, 0) is 85.2 Å². The maximum atomic E-state index is 13.6. The Bertz CT molecular complexity index is 1070. The van der Waals surface area contributed by atoms with E-state index in [2.05, 4.69) is 27.9 Å². The van der Waals surface area contributed by atoms with Gasteiger partial charge in [-0.1, -0.05) is 31.2 Å². The number of hydrogen-bond acceptors (Lipinski definition) is 4. The van der Waals surface area contributed by atoms with Crippen molar-refractivity contribution in [1.29, 1.82) is 0 Å². The van der Waals surface area contributed by atoms with Gasteiger partial charge >= 0.3 is 0 Å². The number of sulfonamides is 1. The molecule has 0 saturated heterocycles. The van der Waals surface area contributed by atoms with Crippen molar-refractivity contribution < 1.29 is 18.0 Å². The zero-order valence-electron chi connectivity index (χ0n) is 19.7. The van der Waals surface area contributed by atoms with Gasteiger partial charge in [0, 0.05) is 16.2 Å². The molecule has 0 aromatic heterocycles. The van der Waals surface area contributed by atoms with Crippen LogP contribution in [0.5, 0.6) is 0 Å². The molecule has 1 N–H and O–H groups in total. The summed E-state index contributed by atoms with van der Waals surface area (Å²) in [5, 5.41) is 2.89. The van der Waals surface area contributed by atoms with Gasteiger partial charge in [-0.3, -0.25) is 13.9 Å². The van der Waals surface area contributed by atoms with E-state index in [0.29, 0.717) is 12.1 Å². The Balaban J connectivity index is 2.44. The molecular formula is C24H32IN3O4S. The summed E-state index contributed by atoms with van der Waals surface area (Å²) in [5.41, 5.74) is 2.30. The van der Waals surface area contributed by atoms with Crippen molar-refractivity contribution in [3.63, 3.8) is 0 Å². The summed E-state index contributed by atoms with van der Waals surface area (Å²) in [6.45, 7) is 7.33. The standard InChI is InChI=1S/C24H32IN3O4S/c1-6-22(24(30)26-17(2)3)27(15-19-10-8-7-9-18(19)4)23(29)16-28(33(5,31)32)21-13-11-20(25)12-14-21/h7-14,17,22H,6,15-16H2,1-5H3,(H,26,30). The van der Waals surface area contributed by atoms with Crippen LogP contribution in [-0.2, 0) is 26.2 Å². The number of nitrogens with one attached hydrogen (secondary N) is 1. The minimum absolute atomic E-state index is 0.0822. The van der Waals surface area contributed by atoms with E-state index in [9.17, 15) is 18.0 Å². The fourth-order valence-corrected chi connectivity index (χ4v) is 4.70. The van der Waals surface area contributed by atoms with E-state index in [1.165, 1.54) is 4.90 Å². The summed E-state index contributed by atoms with van der Waals surface area (Å²) in [6, 6.07) is 13.8. The topological polar surface area (TPSA) is 86.8 Å². The van der Waals surface area contributed by atoms with Crippen molar-refractivity contribution >= 4 is 50.1 Å². The van der Waals surface area contributed by atoms with Crippen LogP contribution in [0.15, 0.2) is 48.5 Å². The lowest BCUT2D eigenvalue weighted by molar-refractivity contribution is -0.140. The highest BCUT2D eigenvalue weighted by Crippen LogP contribution is 2.21. The molecule has 2 rings (SSSR count). The highest BCUT2D eigenvalue weighted by Gasteiger charge is 2.32. The number of carbonyl (C=O) groups is 2. The molecule has 0 aliphatic heterocycles. The molecule has 0 heterocycles. The van der Waals surface area contributed by atoms with Crippen LogP contribution in [0.1, 0.15) is 38.3 Å². The number of hydrogen-bond donors (Lipinski definition) is 1. The summed E-state index contributed by atoms with van der Waals surface area (Å²) in [5.74, 6) is -0.692. The molecule has 0 aliphatic carbocycles. The van der Waals surface area contributed by atoms with E-state index in [4.69, 9.17) is 0 Å². The molecule has 0 radical (unpaired) electrons. The van der Waals surface area contributed by atoms with Crippen molar-refractivity contribution in [2.75, 3.05) is 17.1 Å². The lowest BCUT2D eigenvalue weighted by Gasteiger charge is -2.33. The molecule has 33 heavy (non-hydrogen) atoms. The SMILES string of the molecule is CCC(C(=O)NC(C)C)N(Cc1ccccc1C)C(=O)CN(c1ccc(I)cc1)S(C)(=O)=O. The molecule has 0 aliphatic rings. The monoisotopic (exact) mass is 585 g/mol. The highest BCUT2D eigenvalue weighted by atomic mass is 127. The molecule has 1 unspecified atom stereocenters. The van der Waals surface area contributed by atoms with Gasteiger partial charge in [-0.25, -0.2) is 8.42 Å². The number of rotatable bonds is 10. The third-order valence-electron chi connectivity index (χ3n) is 5.21. The number of aryl methyl sites for hydroxylation is 1. The van der Waals surface area contributed by atoms with Crippen LogP contribution in [0.2, 0.25) is 0 Å². The first kappa shape index (κ1) is 27.1. The summed E-state index contributed by atoms with van der Waals surface area (Å²) >= 11 is 2.13. The maximum Gasteiger partial charge on any atom is 0.244 e. The van der Waals surface area contributed by atoms with Crippen molar-refractivity contribution in [1.82, 2.24) is 10.2 Å². The largest absolute Gasteiger partial charge is 0.352 e. The molecule has 0 spiro atoms. The predicted molar refractivity (Wildman–Crippen MR) is 140 cm³/mol. The molecule has 2 aromatic carbocycles. The smallest absolute Gasteiger partial charge is 0.244 e. The van der Waals surface area contributed by atoms with E-state index in [0.717, 1.165) is 25.3 Å². The van der Waals surface area contributed by atoms with Crippen molar-refractivity contribution in [2.45, 2.75) is 52.7 Å². The maximum absolute atomic E-state index is 13.6. The Hall–Kier alpha value is -2.14. The van der Waals surface area contributed by atoms with E-state index >= 15 is 0 Å². The Labute approximate surface area is 210 Å². The van der Waals surface area contributed by atoms with Crippen LogP contribution in [-0.4, -0.2) is 50.0 Å². The van der Waals surface area contributed by atoms with E-state index in [1.807, 2.05) is 52.0 Å². The number of amides is 2.